The van der Waals surface area contributed by atoms with Gasteiger partial charge in [-0.2, -0.15) is 0 Å². The number of halogens is 3. The minimum Gasteiger partial charge on any atom is -0.508 e. The molecule has 0 aromatic heterocycles. The summed E-state index contributed by atoms with van der Waals surface area (Å²) in [5.41, 5.74) is 2.45. The number of nitrogens with zero attached hydrogens (tertiary/aromatic N) is 2. The number of hydrogen-bond acceptors (Lipinski definition) is 3. The second-order valence-electron chi connectivity index (χ2n) is 7.15. The number of benzene rings is 3. The Morgan fingerprint density at radius 2 is 1.53 bits per heavy atom. The third-order valence-electron chi connectivity index (χ3n) is 5.26. The lowest BCUT2D eigenvalue weighted by Crippen LogP contribution is -2.50. The van der Waals surface area contributed by atoms with Crippen molar-refractivity contribution in [1.29, 1.82) is 0 Å². The van der Waals surface area contributed by atoms with Crippen molar-refractivity contribution in [1.82, 2.24) is 4.90 Å². The molecule has 0 spiro atoms. The second kappa shape index (κ2) is 8.76. The van der Waals surface area contributed by atoms with Gasteiger partial charge in [0.15, 0.2) is 0 Å². The van der Waals surface area contributed by atoms with Gasteiger partial charge >= 0.3 is 0 Å². The quantitative estimate of drug-likeness (QED) is 0.516. The third-order valence-corrected chi connectivity index (χ3v) is 6.05. The van der Waals surface area contributed by atoms with Gasteiger partial charge in [0.25, 0.3) is 5.91 Å². The number of carbonyl (C=O) groups excluding carboxylic acids is 1. The largest absolute Gasteiger partial charge is 0.508 e. The number of amides is 1. The Morgan fingerprint density at radius 3 is 2.20 bits per heavy atom. The first kappa shape index (κ1) is 20.9. The van der Waals surface area contributed by atoms with Crippen LogP contribution in [0, 0.1) is 0 Å². The predicted molar refractivity (Wildman–Crippen MR) is 122 cm³/mol. The van der Waals surface area contributed by atoms with Crippen LogP contribution in [0.5, 0.6) is 5.75 Å². The summed E-state index contributed by atoms with van der Waals surface area (Å²) in [6.07, 6.45) is 0. The number of anilines is 1. The molecule has 4 nitrogen and oxygen atoms in total. The van der Waals surface area contributed by atoms with Gasteiger partial charge in [0.2, 0.25) is 0 Å². The molecule has 1 N–H and O–H groups in total. The van der Waals surface area contributed by atoms with E-state index in [0.717, 1.165) is 11.3 Å². The second-order valence-corrected chi connectivity index (χ2v) is 8.43. The van der Waals surface area contributed by atoms with Gasteiger partial charge in [0.05, 0.1) is 16.8 Å². The molecule has 7 heteroatoms. The zero-order chi connectivity index (χ0) is 21.3. The molecule has 1 aliphatic rings. The predicted octanol–water partition coefficient (Wildman–Crippen LogP) is 6.06. The lowest BCUT2D eigenvalue weighted by molar-refractivity contribution is 0.0722. The van der Waals surface area contributed by atoms with Gasteiger partial charge in [-0.1, -0.05) is 46.9 Å². The Hall–Kier alpha value is -2.40. The van der Waals surface area contributed by atoms with E-state index in [-0.39, 0.29) is 17.7 Å². The highest BCUT2D eigenvalue weighted by Crippen LogP contribution is 2.37. The highest BCUT2D eigenvalue weighted by molar-refractivity contribution is 6.36. The monoisotopic (exact) mass is 460 g/mol. The van der Waals surface area contributed by atoms with Gasteiger partial charge in [0.1, 0.15) is 5.75 Å². The maximum absolute atomic E-state index is 13.1. The van der Waals surface area contributed by atoms with Crippen LogP contribution in [0.25, 0.3) is 0 Å². The van der Waals surface area contributed by atoms with E-state index in [1.54, 1.807) is 18.2 Å². The first-order valence-electron chi connectivity index (χ1n) is 9.48. The first-order valence-corrected chi connectivity index (χ1v) is 10.6. The summed E-state index contributed by atoms with van der Waals surface area (Å²) in [5.74, 6) is 0.0589. The molecule has 3 aromatic carbocycles. The maximum atomic E-state index is 13.1. The fourth-order valence-electron chi connectivity index (χ4n) is 3.73. The van der Waals surface area contributed by atoms with Crippen LogP contribution in [0.1, 0.15) is 22.0 Å². The molecule has 30 heavy (non-hydrogen) atoms. The number of aromatic hydroxyl groups is 1. The molecule has 1 atom stereocenters. The van der Waals surface area contributed by atoms with E-state index in [2.05, 4.69) is 4.90 Å². The van der Waals surface area contributed by atoms with Crippen LogP contribution in [0.15, 0.2) is 66.7 Å². The fourth-order valence-corrected chi connectivity index (χ4v) is 4.37. The van der Waals surface area contributed by atoms with Crippen LogP contribution in [0.4, 0.5) is 5.69 Å². The number of phenolic OH excluding ortho intramolecular Hbond substituents is 1. The number of rotatable bonds is 3. The van der Waals surface area contributed by atoms with E-state index < -0.39 is 0 Å². The third kappa shape index (κ3) is 4.36. The SMILES string of the molecule is O=C(c1ccc(O)cc1)N1CCN(c2ccc(Cl)cc2Cl)[C@H](c2ccc(Cl)cc2)C1. The van der Waals surface area contributed by atoms with Crippen LogP contribution in [0.2, 0.25) is 15.1 Å². The van der Waals surface area contributed by atoms with E-state index in [1.165, 1.54) is 12.1 Å². The molecule has 0 saturated carbocycles. The molecule has 1 aliphatic heterocycles. The van der Waals surface area contributed by atoms with Crippen LogP contribution < -0.4 is 4.90 Å². The summed E-state index contributed by atoms with van der Waals surface area (Å²) in [6, 6.07) is 19.3. The minimum atomic E-state index is -0.101. The summed E-state index contributed by atoms with van der Waals surface area (Å²) in [6.45, 7) is 1.64. The highest BCUT2D eigenvalue weighted by atomic mass is 35.5. The average molecular weight is 462 g/mol. The van der Waals surface area contributed by atoms with E-state index >= 15 is 0 Å². The van der Waals surface area contributed by atoms with Crippen molar-refractivity contribution in [2.24, 2.45) is 0 Å². The van der Waals surface area contributed by atoms with Gasteiger partial charge in [-0.05, 0) is 60.2 Å². The number of hydrogen-bond donors (Lipinski definition) is 1. The summed E-state index contributed by atoms with van der Waals surface area (Å²) in [5, 5.41) is 11.3. The van der Waals surface area contributed by atoms with Crippen LogP contribution in [-0.2, 0) is 0 Å². The molecule has 0 bridgehead atoms. The van der Waals surface area contributed by atoms with Gasteiger partial charge in [-0.15, -0.1) is 0 Å². The lowest BCUT2D eigenvalue weighted by Gasteiger charge is -2.43. The zero-order valence-corrected chi connectivity index (χ0v) is 18.2. The van der Waals surface area contributed by atoms with E-state index in [4.69, 9.17) is 34.8 Å². The molecule has 3 aromatic rings. The summed E-state index contributed by atoms with van der Waals surface area (Å²) in [4.78, 5) is 17.1. The Bertz CT molecular complexity index is 1060. The Morgan fingerprint density at radius 1 is 0.867 bits per heavy atom. The van der Waals surface area contributed by atoms with E-state index in [1.807, 2.05) is 41.3 Å². The molecule has 0 unspecified atom stereocenters. The summed E-state index contributed by atoms with van der Waals surface area (Å²) < 4.78 is 0. The fraction of sp³-hybridized carbons (Fsp3) is 0.174. The topological polar surface area (TPSA) is 43.8 Å². The first-order chi connectivity index (χ1) is 14.4. The van der Waals surface area contributed by atoms with Crippen molar-refractivity contribution < 1.29 is 9.90 Å². The maximum Gasteiger partial charge on any atom is 0.253 e. The molecular formula is C23H19Cl3N2O2. The molecule has 0 aliphatic carbocycles. The number of phenols is 1. The number of carbonyl (C=O) groups is 1. The van der Waals surface area contributed by atoms with Crippen molar-refractivity contribution in [2.75, 3.05) is 24.5 Å². The van der Waals surface area contributed by atoms with Gasteiger partial charge in [-0.25, -0.2) is 0 Å². The molecule has 1 amide bonds. The van der Waals surface area contributed by atoms with Crippen molar-refractivity contribution in [2.45, 2.75) is 6.04 Å². The molecule has 0 radical (unpaired) electrons. The van der Waals surface area contributed by atoms with Crippen molar-refractivity contribution in [3.05, 3.63) is 92.9 Å². The van der Waals surface area contributed by atoms with Crippen LogP contribution in [0.3, 0.4) is 0 Å². The van der Waals surface area contributed by atoms with Crippen LogP contribution in [-0.4, -0.2) is 35.5 Å². The minimum absolute atomic E-state index is 0.0733. The summed E-state index contributed by atoms with van der Waals surface area (Å²) in [7, 11) is 0. The standard InChI is InChI=1S/C23H19Cl3N2O2/c24-17-5-1-15(2-6-17)22-14-27(23(30)16-3-8-19(29)9-4-16)11-12-28(22)21-10-7-18(25)13-20(21)26/h1-10,13,22,29H,11-12,14H2/t22-/m0/s1. The van der Waals surface area contributed by atoms with Gasteiger partial charge in [-0.3, -0.25) is 4.79 Å². The van der Waals surface area contributed by atoms with Crippen molar-refractivity contribution >= 4 is 46.4 Å². The molecule has 1 fully saturated rings. The molecular weight excluding hydrogens is 443 g/mol. The van der Waals surface area contributed by atoms with Gasteiger partial charge < -0.3 is 14.9 Å². The van der Waals surface area contributed by atoms with E-state index in [9.17, 15) is 9.90 Å². The lowest BCUT2D eigenvalue weighted by atomic mass is 10.0. The van der Waals surface area contributed by atoms with Crippen molar-refractivity contribution in [3.8, 4) is 5.75 Å². The summed E-state index contributed by atoms with van der Waals surface area (Å²) >= 11 is 18.7. The molecule has 1 saturated heterocycles. The Balaban J connectivity index is 1.66. The molecule has 1 heterocycles. The zero-order valence-electron chi connectivity index (χ0n) is 15.9. The Kier molecular flexibility index (Phi) is 6.09. The number of piperazine rings is 1. The molecule has 4 rings (SSSR count). The average Bonchev–Trinajstić information content (AvgIpc) is 2.74. The van der Waals surface area contributed by atoms with Gasteiger partial charge in [0, 0.05) is 35.2 Å². The Labute approximate surface area is 190 Å². The van der Waals surface area contributed by atoms with E-state index in [0.29, 0.717) is 40.3 Å². The van der Waals surface area contributed by atoms with Crippen LogP contribution >= 0.6 is 34.8 Å². The molecule has 154 valence electrons. The smallest absolute Gasteiger partial charge is 0.253 e. The highest BCUT2D eigenvalue weighted by Gasteiger charge is 2.32. The van der Waals surface area contributed by atoms with Crippen molar-refractivity contribution in [3.63, 3.8) is 0 Å². The normalized spacial score (nSPS) is 16.6.